The lowest BCUT2D eigenvalue weighted by molar-refractivity contribution is -0.181. The van der Waals surface area contributed by atoms with Crippen molar-refractivity contribution < 1.29 is 39.0 Å². The summed E-state index contributed by atoms with van der Waals surface area (Å²) in [7, 11) is 3.06. The Morgan fingerprint density at radius 3 is 2.29 bits per heavy atom. The van der Waals surface area contributed by atoms with Gasteiger partial charge in [0.15, 0.2) is 34.7 Å². The van der Waals surface area contributed by atoms with Crippen LogP contribution in [0.5, 0.6) is 5.75 Å². The van der Waals surface area contributed by atoms with E-state index in [-0.39, 0.29) is 30.1 Å². The van der Waals surface area contributed by atoms with Crippen molar-refractivity contribution in [2.45, 2.75) is 31.4 Å². The second-order valence-electron chi connectivity index (χ2n) is 11.3. The minimum atomic E-state index is -2.77. The van der Waals surface area contributed by atoms with E-state index in [9.17, 15) is 39.0 Å². The van der Waals surface area contributed by atoms with Crippen LogP contribution in [0.15, 0.2) is 36.4 Å². The van der Waals surface area contributed by atoms with E-state index in [1.54, 1.807) is 30.3 Å². The first-order chi connectivity index (χ1) is 19.8. The maximum absolute atomic E-state index is 13.9. The predicted octanol–water partition coefficient (Wildman–Crippen LogP) is 0.225. The molecule has 0 aromatic heterocycles. The Kier molecular flexibility index (Phi) is 7.08. The Labute approximate surface area is 241 Å². The maximum Gasteiger partial charge on any atom is 0.235 e. The molecule has 0 radical (unpaired) electrons. The Bertz CT molecular complexity index is 1630. The molecule has 0 aliphatic heterocycles. The number of phenols is 1. The summed E-state index contributed by atoms with van der Waals surface area (Å²) in [5.74, 6) is -5.18. The van der Waals surface area contributed by atoms with Crippen molar-refractivity contribution in [3.63, 3.8) is 0 Å². The van der Waals surface area contributed by atoms with Crippen LogP contribution in [0.4, 0.5) is 5.69 Å². The molecule has 3 aliphatic rings. The fourth-order valence-electron chi connectivity index (χ4n) is 6.70. The molecule has 2 unspecified atom stereocenters. The van der Waals surface area contributed by atoms with Crippen LogP contribution in [0.25, 0.3) is 0 Å². The molecule has 0 spiro atoms. The van der Waals surface area contributed by atoms with Gasteiger partial charge in [-0.25, -0.2) is 0 Å². The normalized spacial score (nSPS) is 28.3. The van der Waals surface area contributed by atoms with Gasteiger partial charge in [-0.15, -0.1) is 0 Å². The first-order valence-electron chi connectivity index (χ1n) is 13.4. The number of benzene rings is 2. The monoisotopic (exact) mass is 571 g/mol. The van der Waals surface area contributed by atoms with E-state index < -0.39 is 64.4 Å². The number of aliphatic hydroxyl groups is 1. The van der Waals surface area contributed by atoms with Crippen LogP contribution in [-0.4, -0.2) is 75.8 Å². The van der Waals surface area contributed by atoms with Crippen LogP contribution in [0.1, 0.15) is 40.4 Å². The number of nitrogens with two attached hydrogens (primary N) is 1. The van der Waals surface area contributed by atoms with E-state index in [1.807, 2.05) is 0 Å². The number of primary amides is 1. The zero-order chi connectivity index (χ0) is 30.7. The van der Waals surface area contributed by atoms with Crippen molar-refractivity contribution in [2.75, 3.05) is 19.4 Å². The average Bonchev–Trinajstić information content (AvgIpc) is 2.90. The number of nitrogens with zero attached hydrogens (tertiary/aromatic N) is 1. The summed E-state index contributed by atoms with van der Waals surface area (Å²) >= 11 is 0. The van der Waals surface area contributed by atoms with Crippen molar-refractivity contribution in [1.29, 1.82) is 0 Å². The molecule has 2 aromatic carbocycles. The number of fused-ring (bicyclic) bond motifs is 3. The molecule has 11 heteroatoms. The lowest BCUT2D eigenvalue weighted by atomic mass is 9.52. The highest BCUT2D eigenvalue weighted by molar-refractivity contribution is 6.32. The number of likely N-dealkylation sites (N-methyl/N-ethyl adjacent to an activating group) is 1. The van der Waals surface area contributed by atoms with E-state index in [0.717, 1.165) is 0 Å². The van der Waals surface area contributed by atoms with E-state index in [2.05, 4.69) is 17.2 Å². The molecule has 216 valence electrons. The van der Waals surface area contributed by atoms with E-state index in [0.29, 0.717) is 22.4 Å². The number of amides is 2. The molecule has 2 saturated carbocycles. The van der Waals surface area contributed by atoms with Gasteiger partial charge in [-0.05, 0) is 74.8 Å². The number of hydrogen-bond acceptors (Lipinski definition) is 9. The molecule has 5 rings (SSSR count). The molecule has 11 nitrogen and oxygen atoms in total. The number of hydrogen-bond donors (Lipinski definition) is 4. The van der Waals surface area contributed by atoms with Gasteiger partial charge in [-0.3, -0.25) is 33.7 Å². The van der Waals surface area contributed by atoms with Gasteiger partial charge in [-0.2, -0.15) is 0 Å². The number of phenolic OH excluding ortho intramolecular Hbond substituents is 1. The molecule has 0 saturated heterocycles. The predicted molar refractivity (Wildman–Crippen MR) is 148 cm³/mol. The third kappa shape index (κ3) is 4.40. The van der Waals surface area contributed by atoms with Crippen molar-refractivity contribution >= 4 is 40.6 Å². The summed E-state index contributed by atoms with van der Waals surface area (Å²) in [6.07, 6.45) is 0.0722. The topological polar surface area (TPSA) is 184 Å². The Morgan fingerprint density at radius 2 is 1.69 bits per heavy atom. The number of nitrogens with one attached hydrogen (secondary N) is 1. The third-order valence-corrected chi connectivity index (χ3v) is 8.49. The number of anilines is 1. The van der Waals surface area contributed by atoms with Gasteiger partial charge in [0.1, 0.15) is 5.75 Å². The molecule has 2 amide bonds. The second kappa shape index (κ2) is 10.3. The van der Waals surface area contributed by atoms with Crippen molar-refractivity contribution in [3.8, 4) is 17.6 Å². The zero-order valence-electron chi connectivity index (χ0n) is 23.1. The summed E-state index contributed by atoms with van der Waals surface area (Å²) < 4.78 is 0. The number of carbonyl (C=O) groups is 6. The number of carbonyl (C=O) groups excluding carboxylic acids is 6. The van der Waals surface area contributed by atoms with Crippen LogP contribution >= 0.6 is 0 Å². The fraction of sp³-hybridized carbons (Fsp3) is 0.355. The lowest BCUT2D eigenvalue weighted by Gasteiger charge is -2.52. The van der Waals surface area contributed by atoms with E-state index in [1.165, 1.54) is 32.0 Å². The number of aromatic hydroxyl groups is 1. The highest BCUT2D eigenvalue weighted by Gasteiger charge is 2.69. The van der Waals surface area contributed by atoms with Gasteiger partial charge in [0.25, 0.3) is 0 Å². The quantitative estimate of drug-likeness (QED) is 0.296. The Hall–Kier alpha value is -4.66. The first kappa shape index (κ1) is 28.9. The van der Waals surface area contributed by atoms with Crippen molar-refractivity contribution in [2.24, 2.45) is 29.4 Å². The molecule has 3 aliphatic carbocycles. The van der Waals surface area contributed by atoms with Gasteiger partial charge < -0.3 is 21.3 Å². The zero-order valence-corrected chi connectivity index (χ0v) is 23.1. The average molecular weight is 572 g/mol. The smallest absolute Gasteiger partial charge is 0.235 e. The summed E-state index contributed by atoms with van der Waals surface area (Å²) in [4.78, 5) is 79.0. The SMILES string of the molecule is CC(=O)Nc1ccc(C#Cc2ccc(O)c3c2C[C@H]2C[C@H]4[C@H](N(C)C)C(=O)C(C(N)=O)C(=O)[C@@]4(O)C(=O)C2C3=O)cc1. The van der Waals surface area contributed by atoms with Crippen LogP contribution in [0, 0.1) is 35.5 Å². The minimum Gasteiger partial charge on any atom is -0.507 e. The number of ketones is 4. The summed E-state index contributed by atoms with van der Waals surface area (Å²) in [6.45, 7) is 1.40. The molecule has 5 N–H and O–H groups in total. The van der Waals surface area contributed by atoms with Gasteiger partial charge >= 0.3 is 0 Å². The van der Waals surface area contributed by atoms with Gasteiger partial charge in [0.2, 0.25) is 11.8 Å². The maximum atomic E-state index is 13.9. The molecule has 2 aromatic rings. The van der Waals surface area contributed by atoms with Crippen molar-refractivity contribution in [1.82, 2.24) is 4.90 Å². The van der Waals surface area contributed by atoms with Crippen LogP contribution < -0.4 is 11.1 Å². The first-order valence-corrected chi connectivity index (χ1v) is 13.4. The van der Waals surface area contributed by atoms with Crippen LogP contribution in [0.2, 0.25) is 0 Å². The van der Waals surface area contributed by atoms with Crippen molar-refractivity contribution in [3.05, 3.63) is 58.7 Å². The molecule has 0 heterocycles. The second-order valence-corrected chi connectivity index (χ2v) is 11.3. The standard InChI is InChI=1S/C31H29N3O8/c1-14(35)33-18-9-5-15(6-10-18)4-7-16-8-11-21(36)23-19(16)12-17-13-20-25(34(2)3)27(38)24(30(32)41)29(40)31(20,42)28(39)22(17)26(23)37/h5-6,8-11,17,20,22,24-25,36,42H,12-13H2,1-3H3,(H2,32,41)(H,33,35)/t17-,20-,22?,24?,25-,31-/m0/s1. The molecule has 2 fully saturated rings. The molecular formula is C31H29N3O8. The minimum absolute atomic E-state index is 0.0446. The van der Waals surface area contributed by atoms with Gasteiger partial charge in [0.05, 0.1) is 17.5 Å². The lowest BCUT2D eigenvalue weighted by Crippen LogP contribution is -2.74. The third-order valence-electron chi connectivity index (χ3n) is 8.49. The van der Waals surface area contributed by atoms with Crippen LogP contribution in [-0.2, 0) is 30.4 Å². The van der Waals surface area contributed by atoms with Gasteiger partial charge in [-0.1, -0.05) is 11.8 Å². The summed E-state index contributed by atoms with van der Waals surface area (Å²) in [5.41, 5.74) is 4.55. The van der Waals surface area contributed by atoms with E-state index >= 15 is 0 Å². The summed E-state index contributed by atoms with van der Waals surface area (Å²) in [6, 6.07) is 8.50. The largest absolute Gasteiger partial charge is 0.507 e. The van der Waals surface area contributed by atoms with Gasteiger partial charge in [0, 0.05) is 29.7 Å². The summed E-state index contributed by atoms with van der Waals surface area (Å²) in [5, 5.41) is 25.0. The molecular weight excluding hydrogens is 542 g/mol. The Balaban J connectivity index is 1.55. The highest BCUT2D eigenvalue weighted by atomic mass is 16.3. The Morgan fingerprint density at radius 1 is 1.02 bits per heavy atom. The fourth-order valence-corrected chi connectivity index (χ4v) is 6.70. The molecule has 42 heavy (non-hydrogen) atoms. The number of Topliss-reactive ketones (excluding diaryl/α,β-unsaturated/α-hetero) is 4. The van der Waals surface area contributed by atoms with E-state index in [4.69, 9.17) is 5.73 Å². The highest BCUT2D eigenvalue weighted by Crippen LogP contribution is 2.50. The number of rotatable bonds is 3. The van der Waals surface area contributed by atoms with Crippen LogP contribution in [0.3, 0.4) is 0 Å². The molecule has 0 bridgehead atoms. The molecule has 6 atom stereocenters.